The molecule has 0 aliphatic carbocycles. The van der Waals surface area contributed by atoms with Crippen LogP contribution < -0.4 is 19.5 Å². The maximum Gasteiger partial charge on any atom is 0.226 e. The predicted molar refractivity (Wildman–Crippen MR) is 112 cm³/mol. The molecule has 0 saturated carbocycles. The monoisotopic (exact) mass is 423 g/mol. The Morgan fingerprint density at radius 1 is 1.03 bits per heavy atom. The number of aromatic amines is 1. The third kappa shape index (κ3) is 3.54. The van der Waals surface area contributed by atoms with Gasteiger partial charge in [0.2, 0.25) is 5.91 Å². The number of carbonyl (C=O) groups excluding carboxylic acids is 2. The summed E-state index contributed by atoms with van der Waals surface area (Å²) in [6.07, 6.45) is -0.0329. The molecule has 31 heavy (non-hydrogen) atoms. The number of carbonyl (C=O) groups is 2. The van der Waals surface area contributed by atoms with Crippen LogP contribution in [0.5, 0.6) is 23.0 Å². The van der Waals surface area contributed by atoms with Crippen molar-refractivity contribution in [1.29, 1.82) is 0 Å². The number of phenolic OH excluding ortho intramolecular Hbond substituents is 1. The Morgan fingerprint density at radius 3 is 2.48 bits per heavy atom. The van der Waals surface area contributed by atoms with E-state index >= 15 is 0 Å². The van der Waals surface area contributed by atoms with Crippen LogP contribution >= 0.6 is 0 Å². The van der Waals surface area contributed by atoms with Gasteiger partial charge in [-0.2, -0.15) is 5.10 Å². The minimum atomic E-state index is -0.764. The molecule has 1 aliphatic rings. The average molecular weight is 423 g/mol. The van der Waals surface area contributed by atoms with Gasteiger partial charge in [-0.3, -0.25) is 14.7 Å². The van der Waals surface area contributed by atoms with Crippen LogP contribution in [0.1, 0.15) is 28.3 Å². The van der Waals surface area contributed by atoms with E-state index in [1.807, 2.05) is 6.07 Å². The summed E-state index contributed by atoms with van der Waals surface area (Å²) < 4.78 is 15.8. The Hall–Kier alpha value is -4.01. The van der Waals surface area contributed by atoms with E-state index in [2.05, 4.69) is 15.5 Å². The Morgan fingerprint density at radius 2 is 1.77 bits per heavy atom. The molecule has 3 aromatic rings. The molecule has 0 radical (unpaired) electrons. The van der Waals surface area contributed by atoms with E-state index in [9.17, 15) is 14.7 Å². The largest absolute Gasteiger partial charge is 0.504 e. The van der Waals surface area contributed by atoms with Crippen LogP contribution in [0.25, 0.3) is 11.3 Å². The van der Waals surface area contributed by atoms with Gasteiger partial charge in [0, 0.05) is 23.1 Å². The minimum absolute atomic E-state index is 0.0329. The molecule has 3 N–H and O–H groups in total. The number of nitrogens with zero attached hydrogens (tertiary/aromatic N) is 1. The number of nitrogens with one attached hydrogen (secondary N) is 2. The van der Waals surface area contributed by atoms with E-state index in [0.29, 0.717) is 34.1 Å². The highest BCUT2D eigenvalue weighted by molar-refractivity contribution is 6.09. The first kappa shape index (κ1) is 20.3. The molecule has 9 heteroatoms. The number of hydrogen-bond donors (Lipinski definition) is 3. The quantitative estimate of drug-likeness (QED) is 0.521. The number of Topliss-reactive ketones (excluding diaryl/α,β-unsaturated/α-hetero) is 1. The molecule has 1 atom stereocenters. The maximum absolute atomic E-state index is 13.4. The fourth-order valence-corrected chi connectivity index (χ4v) is 3.72. The van der Waals surface area contributed by atoms with Crippen molar-refractivity contribution in [3.05, 3.63) is 47.5 Å². The van der Waals surface area contributed by atoms with E-state index in [4.69, 9.17) is 14.2 Å². The summed E-state index contributed by atoms with van der Waals surface area (Å²) in [4.78, 5) is 25.6. The van der Waals surface area contributed by atoms with Crippen molar-refractivity contribution in [3.63, 3.8) is 0 Å². The van der Waals surface area contributed by atoms with E-state index < -0.39 is 5.92 Å². The number of ether oxygens (including phenoxy) is 3. The highest BCUT2D eigenvalue weighted by atomic mass is 16.5. The number of aromatic hydroxyl groups is 1. The first-order valence-electron chi connectivity index (χ1n) is 9.48. The van der Waals surface area contributed by atoms with Crippen molar-refractivity contribution < 1.29 is 28.9 Å². The van der Waals surface area contributed by atoms with Gasteiger partial charge in [0.05, 0.1) is 32.9 Å². The number of fused-ring (bicyclic) bond motifs is 1. The molecular weight excluding hydrogens is 402 g/mol. The predicted octanol–water partition coefficient (Wildman–Crippen LogP) is 3.12. The molecule has 0 fully saturated rings. The van der Waals surface area contributed by atoms with Gasteiger partial charge in [0.1, 0.15) is 0 Å². The summed E-state index contributed by atoms with van der Waals surface area (Å²) in [7, 11) is 4.49. The zero-order valence-corrected chi connectivity index (χ0v) is 17.2. The number of hydrogen-bond acceptors (Lipinski definition) is 7. The summed E-state index contributed by atoms with van der Waals surface area (Å²) in [6.45, 7) is 0. The fourth-order valence-electron chi connectivity index (χ4n) is 3.72. The van der Waals surface area contributed by atoms with Crippen molar-refractivity contribution in [2.75, 3.05) is 26.6 Å². The van der Waals surface area contributed by atoms with E-state index in [1.165, 1.54) is 32.4 Å². The molecule has 1 aliphatic heterocycles. The molecule has 0 spiro atoms. The number of amides is 1. The third-order valence-electron chi connectivity index (χ3n) is 5.25. The number of benzene rings is 2. The lowest BCUT2D eigenvalue weighted by Gasteiger charge is -2.22. The van der Waals surface area contributed by atoms with Gasteiger partial charge in [0.25, 0.3) is 0 Å². The van der Waals surface area contributed by atoms with Gasteiger partial charge in [-0.25, -0.2) is 0 Å². The molecule has 2 heterocycles. The molecule has 1 unspecified atom stereocenters. The lowest BCUT2D eigenvalue weighted by Crippen LogP contribution is -2.27. The summed E-state index contributed by atoms with van der Waals surface area (Å²) in [5, 5.41) is 19.7. The number of anilines is 1. The lowest BCUT2D eigenvalue weighted by atomic mass is 9.84. The fraction of sp³-hybridized carbons (Fsp3) is 0.227. The average Bonchev–Trinajstić information content (AvgIpc) is 3.21. The smallest absolute Gasteiger partial charge is 0.226 e. The lowest BCUT2D eigenvalue weighted by molar-refractivity contribution is -0.116. The van der Waals surface area contributed by atoms with Crippen molar-refractivity contribution in [3.8, 4) is 34.3 Å². The zero-order chi connectivity index (χ0) is 22.1. The topological polar surface area (TPSA) is 123 Å². The van der Waals surface area contributed by atoms with Crippen LogP contribution in [0.4, 0.5) is 5.82 Å². The van der Waals surface area contributed by atoms with Crippen LogP contribution in [0.15, 0.2) is 36.4 Å². The summed E-state index contributed by atoms with van der Waals surface area (Å²) in [6, 6.07) is 9.69. The van der Waals surface area contributed by atoms with Gasteiger partial charge in [-0.05, 0) is 36.4 Å². The zero-order valence-electron chi connectivity index (χ0n) is 17.2. The van der Waals surface area contributed by atoms with Crippen LogP contribution in [0, 0.1) is 0 Å². The van der Waals surface area contributed by atoms with Crippen LogP contribution in [0.2, 0.25) is 0 Å². The van der Waals surface area contributed by atoms with Gasteiger partial charge in [0.15, 0.2) is 34.6 Å². The van der Waals surface area contributed by atoms with Crippen molar-refractivity contribution in [1.82, 2.24) is 10.2 Å². The number of H-pyrrole nitrogens is 1. The molecule has 1 aromatic heterocycles. The summed E-state index contributed by atoms with van der Waals surface area (Å²) >= 11 is 0. The molecule has 4 rings (SSSR count). The molecular formula is C22H21N3O6. The second-order valence-corrected chi connectivity index (χ2v) is 6.99. The SMILES string of the molecule is COc1cc(C(=O)C2CC(=O)Nc3n[nH]c(-c4ccc(OC)c(OC)c4)c32)ccc1O. The van der Waals surface area contributed by atoms with Crippen molar-refractivity contribution in [2.24, 2.45) is 0 Å². The van der Waals surface area contributed by atoms with Crippen molar-refractivity contribution in [2.45, 2.75) is 12.3 Å². The second kappa shape index (κ2) is 8.02. The highest BCUT2D eigenvalue weighted by Gasteiger charge is 2.36. The first-order chi connectivity index (χ1) is 15.0. The van der Waals surface area contributed by atoms with Crippen molar-refractivity contribution >= 4 is 17.5 Å². The number of phenols is 1. The van der Waals surface area contributed by atoms with Gasteiger partial charge < -0.3 is 24.6 Å². The minimum Gasteiger partial charge on any atom is -0.504 e. The molecule has 9 nitrogen and oxygen atoms in total. The van der Waals surface area contributed by atoms with E-state index in [-0.39, 0.29) is 29.6 Å². The maximum atomic E-state index is 13.4. The Bertz CT molecular complexity index is 1170. The Labute approximate surface area is 177 Å². The second-order valence-electron chi connectivity index (χ2n) is 6.99. The van der Waals surface area contributed by atoms with Gasteiger partial charge in [-0.1, -0.05) is 0 Å². The number of rotatable bonds is 6. The third-order valence-corrected chi connectivity index (χ3v) is 5.25. The van der Waals surface area contributed by atoms with E-state index in [0.717, 1.165) is 5.56 Å². The molecule has 160 valence electrons. The Balaban J connectivity index is 1.80. The summed E-state index contributed by atoms with van der Waals surface area (Å²) in [5.74, 6) is 0.157. The van der Waals surface area contributed by atoms with Crippen LogP contribution in [-0.2, 0) is 4.79 Å². The molecule has 2 aromatic carbocycles. The van der Waals surface area contributed by atoms with Gasteiger partial charge >= 0.3 is 0 Å². The molecule has 0 saturated heterocycles. The van der Waals surface area contributed by atoms with E-state index in [1.54, 1.807) is 19.2 Å². The molecule has 0 bridgehead atoms. The van der Waals surface area contributed by atoms with Crippen LogP contribution in [0.3, 0.4) is 0 Å². The Kier molecular flexibility index (Phi) is 5.24. The molecule has 1 amide bonds. The normalized spacial score (nSPS) is 15.1. The van der Waals surface area contributed by atoms with Crippen LogP contribution in [-0.4, -0.2) is 48.3 Å². The number of aromatic nitrogens is 2. The number of ketones is 1. The van der Waals surface area contributed by atoms with Gasteiger partial charge in [-0.15, -0.1) is 0 Å². The summed E-state index contributed by atoms with van der Waals surface area (Å²) in [5.41, 5.74) is 2.23. The number of methoxy groups -OCH3 is 3. The standard InChI is InChI=1S/C22H21N3O6/c1-29-15-7-5-11(8-17(15)31-3)20-19-13(10-18(27)23-22(19)25-24-20)21(28)12-4-6-14(26)16(9-12)30-2/h4-9,13,26H,10H2,1-3H3,(H2,23,24,25,27). The highest BCUT2D eigenvalue weighted by Crippen LogP contribution is 2.42. The first-order valence-corrected chi connectivity index (χ1v) is 9.48.